The van der Waals surface area contributed by atoms with Crippen molar-refractivity contribution < 1.29 is 4.39 Å². The smallest absolute Gasteiger partial charge is 0.128 e. The highest BCUT2D eigenvalue weighted by molar-refractivity contribution is 7.11. The van der Waals surface area contributed by atoms with Crippen LogP contribution in [0.4, 0.5) is 4.39 Å². The fourth-order valence-electron chi connectivity index (χ4n) is 2.72. The summed E-state index contributed by atoms with van der Waals surface area (Å²) >= 11 is 1.65. The normalized spacial score (nSPS) is 12.7. The van der Waals surface area contributed by atoms with Gasteiger partial charge in [-0.3, -0.25) is 0 Å². The standard InChI is InChI=1S/C17H23FN2S/c1-6-7-19-16(17-12(4)20-13(5)21-17)15-11(3)8-10(2)9-14(15)18/h8-9,16,19H,6-7H2,1-5H3. The molecule has 1 unspecified atom stereocenters. The van der Waals surface area contributed by atoms with Crippen LogP contribution in [0.3, 0.4) is 0 Å². The van der Waals surface area contributed by atoms with Gasteiger partial charge in [0.15, 0.2) is 0 Å². The predicted octanol–water partition coefficient (Wildman–Crippen LogP) is 4.60. The summed E-state index contributed by atoms with van der Waals surface area (Å²) in [7, 11) is 0. The molecule has 0 aliphatic carbocycles. The minimum absolute atomic E-state index is 0.114. The van der Waals surface area contributed by atoms with Crippen molar-refractivity contribution in [1.29, 1.82) is 0 Å². The van der Waals surface area contributed by atoms with Crippen LogP contribution in [-0.2, 0) is 0 Å². The number of hydrogen-bond donors (Lipinski definition) is 1. The lowest BCUT2D eigenvalue weighted by Crippen LogP contribution is -2.25. The second kappa shape index (κ2) is 6.67. The maximum Gasteiger partial charge on any atom is 0.128 e. The van der Waals surface area contributed by atoms with E-state index in [4.69, 9.17) is 0 Å². The fraction of sp³-hybridized carbons (Fsp3) is 0.471. The first-order chi connectivity index (χ1) is 9.93. The largest absolute Gasteiger partial charge is 0.305 e. The summed E-state index contributed by atoms with van der Waals surface area (Å²) in [5, 5.41) is 4.51. The monoisotopic (exact) mass is 306 g/mol. The van der Waals surface area contributed by atoms with Gasteiger partial charge >= 0.3 is 0 Å². The zero-order valence-corrected chi connectivity index (χ0v) is 14.2. The van der Waals surface area contributed by atoms with E-state index in [1.165, 1.54) is 0 Å². The molecule has 4 heteroatoms. The molecule has 21 heavy (non-hydrogen) atoms. The Labute approximate surface area is 130 Å². The highest BCUT2D eigenvalue weighted by Gasteiger charge is 2.23. The third-order valence-electron chi connectivity index (χ3n) is 3.57. The minimum atomic E-state index is -0.133. The number of halogens is 1. The van der Waals surface area contributed by atoms with Crippen LogP contribution in [-0.4, -0.2) is 11.5 Å². The molecule has 0 spiro atoms. The number of nitrogens with one attached hydrogen (secondary N) is 1. The lowest BCUT2D eigenvalue weighted by molar-refractivity contribution is 0.546. The molecule has 1 N–H and O–H groups in total. The predicted molar refractivity (Wildman–Crippen MR) is 87.6 cm³/mol. The maximum atomic E-state index is 14.6. The summed E-state index contributed by atoms with van der Waals surface area (Å²) in [6, 6.07) is 3.55. The zero-order valence-electron chi connectivity index (χ0n) is 13.4. The van der Waals surface area contributed by atoms with Crippen LogP contribution in [0.5, 0.6) is 0 Å². The molecule has 2 nitrogen and oxygen atoms in total. The van der Waals surface area contributed by atoms with Gasteiger partial charge in [0.2, 0.25) is 0 Å². The molecule has 0 aliphatic heterocycles. The summed E-state index contributed by atoms with van der Waals surface area (Å²) < 4.78 is 14.6. The molecule has 0 bridgehead atoms. The Bertz CT molecular complexity index is 611. The van der Waals surface area contributed by atoms with Crippen molar-refractivity contribution in [2.45, 2.75) is 47.1 Å². The van der Waals surface area contributed by atoms with E-state index in [-0.39, 0.29) is 11.9 Å². The minimum Gasteiger partial charge on any atom is -0.305 e. The van der Waals surface area contributed by atoms with E-state index in [0.29, 0.717) is 0 Å². The molecule has 114 valence electrons. The lowest BCUT2D eigenvalue weighted by atomic mass is 9.96. The van der Waals surface area contributed by atoms with Crippen LogP contribution in [0.1, 0.15) is 51.7 Å². The van der Waals surface area contributed by atoms with E-state index in [9.17, 15) is 4.39 Å². The Balaban J connectivity index is 2.53. The summed E-state index contributed by atoms with van der Waals surface area (Å²) in [6.07, 6.45) is 1.01. The van der Waals surface area contributed by atoms with Crippen molar-refractivity contribution in [3.8, 4) is 0 Å². The van der Waals surface area contributed by atoms with Gasteiger partial charge in [-0.05, 0) is 57.9 Å². The van der Waals surface area contributed by atoms with Gasteiger partial charge in [-0.2, -0.15) is 0 Å². The van der Waals surface area contributed by atoms with Crippen LogP contribution >= 0.6 is 11.3 Å². The Morgan fingerprint density at radius 3 is 2.48 bits per heavy atom. The molecule has 1 heterocycles. The number of aromatic nitrogens is 1. The van der Waals surface area contributed by atoms with Crippen LogP contribution in [0.15, 0.2) is 12.1 Å². The van der Waals surface area contributed by atoms with Crippen molar-refractivity contribution in [2.24, 2.45) is 0 Å². The third-order valence-corrected chi connectivity index (χ3v) is 4.71. The first-order valence-corrected chi connectivity index (χ1v) is 8.19. The molecule has 0 amide bonds. The molecular weight excluding hydrogens is 283 g/mol. The number of hydrogen-bond acceptors (Lipinski definition) is 3. The maximum absolute atomic E-state index is 14.6. The van der Waals surface area contributed by atoms with E-state index in [1.807, 2.05) is 33.8 Å². The Kier molecular flexibility index (Phi) is 5.12. The van der Waals surface area contributed by atoms with Crippen LogP contribution < -0.4 is 5.32 Å². The molecule has 2 aromatic rings. The summed E-state index contributed by atoms with van der Waals surface area (Å²) in [5.74, 6) is -0.133. The number of thiazole rings is 1. The molecule has 0 fully saturated rings. The molecule has 1 aromatic carbocycles. The van der Waals surface area contributed by atoms with E-state index >= 15 is 0 Å². The van der Waals surface area contributed by atoms with E-state index in [1.54, 1.807) is 17.4 Å². The van der Waals surface area contributed by atoms with Gasteiger partial charge in [-0.1, -0.05) is 13.0 Å². The van der Waals surface area contributed by atoms with Gasteiger partial charge in [-0.25, -0.2) is 9.37 Å². The highest BCUT2D eigenvalue weighted by Crippen LogP contribution is 2.33. The molecule has 2 rings (SSSR count). The van der Waals surface area contributed by atoms with E-state index in [0.717, 1.165) is 45.2 Å². The van der Waals surface area contributed by atoms with E-state index < -0.39 is 0 Å². The van der Waals surface area contributed by atoms with Crippen molar-refractivity contribution in [3.05, 3.63) is 50.2 Å². The first kappa shape index (κ1) is 16.1. The second-order valence-electron chi connectivity index (χ2n) is 5.55. The van der Waals surface area contributed by atoms with Crippen LogP contribution in [0.25, 0.3) is 0 Å². The first-order valence-electron chi connectivity index (χ1n) is 7.38. The SMILES string of the molecule is CCCNC(c1sc(C)nc1C)c1c(C)cc(C)cc1F. The topological polar surface area (TPSA) is 24.9 Å². The van der Waals surface area contributed by atoms with Gasteiger partial charge in [0.05, 0.1) is 16.7 Å². The van der Waals surface area contributed by atoms with Crippen LogP contribution in [0, 0.1) is 33.5 Å². The number of benzene rings is 1. The molecule has 0 saturated heterocycles. The average molecular weight is 306 g/mol. The Morgan fingerprint density at radius 2 is 1.95 bits per heavy atom. The number of rotatable bonds is 5. The summed E-state index contributed by atoms with van der Waals surface area (Å²) in [5.41, 5.74) is 3.69. The van der Waals surface area contributed by atoms with E-state index in [2.05, 4.69) is 17.2 Å². The van der Waals surface area contributed by atoms with Crippen molar-refractivity contribution in [3.63, 3.8) is 0 Å². The number of nitrogens with zero attached hydrogens (tertiary/aromatic N) is 1. The quantitative estimate of drug-likeness (QED) is 0.873. The average Bonchev–Trinajstić information content (AvgIpc) is 2.71. The van der Waals surface area contributed by atoms with Gasteiger partial charge in [0, 0.05) is 10.4 Å². The summed E-state index contributed by atoms with van der Waals surface area (Å²) in [4.78, 5) is 5.62. The lowest BCUT2D eigenvalue weighted by Gasteiger charge is -2.21. The molecule has 1 aromatic heterocycles. The van der Waals surface area contributed by atoms with Gasteiger partial charge in [0.25, 0.3) is 0 Å². The van der Waals surface area contributed by atoms with Crippen LogP contribution in [0.2, 0.25) is 0 Å². The molecule has 0 radical (unpaired) electrons. The van der Waals surface area contributed by atoms with Gasteiger partial charge in [0.1, 0.15) is 5.82 Å². The number of aryl methyl sites for hydroxylation is 4. The van der Waals surface area contributed by atoms with Gasteiger partial charge < -0.3 is 5.32 Å². The van der Waals surface area contributed by atoms with Crippen molar-refractivity contribution in [2.75, 3.05) is 6.54 Å². The molecule has 0 saturated carbocycles. The zero-order chi connectivity index (χ0) is 15.6. The summed E-state index contributed by atoms with van der Waals surface area (Å²) in [6.45, 7) is 10.9. The molecular formula is C17H23FN2S. The third kappa shape index (κ3) is 3.50. The molecule has 1 atom stereocenters. The second-order valence-corrected chi connectivity index (χ2v) is 6.78. The Hall–Kier alpha value is -1.26. The fourth-order valence-corrected chi connectivity index (χ4v) is 3.74. The Morgan fingerprint density at radius 1 is 1.24 bits per heavy atom. The molecule has 0 aliphatic rings. The van der Waals surface area contributed by atoms with Crippen molar-refractivity contribution >= 4 is 11.3 Å². The highest BCUT2D eigenvalue weighted by atomic mass is 32.1. The van der Waals surface area contributed by atoms with Crippen molar-refractivity contribution in [1.82, 2.24) is 10.3 Å². The van der Waals surface area contributed by atoms with Gasteiger partial charge in [-0.15, -0.1) is 11.3 Å².